The third kappa shape index (κ3) is 2.47. The SMILES string of the molecule is CC(CNc1ccc2scnc2c1N)c1ccccc1. The van der Waals surface area contributed by atoms with E-state index >= 15 is 0 Å². The van der Waals surface area contributed by atoms with Gasteiger partial charge < -0.3 is 11.1 Å². The van der Waals surface area contributed by atoms with E-state index in [0.29, 0.717) is 5.92 Å². The zero-order chi connectivity index (χ0) is 13.9. The first-order valence-corrected chi connectivity index (χ1v) is 7.54. The summed E-state index contributed by atoms with van der Waals surface area (Å²) in [6.45, 7) is 3.06. The Morgan fingerprint density at radius 2 is 2.00 bits per heavy atom. The van der Waals surface area contributed by atoms with E-state index in [-0.39, 0.29) is 0 Å². The van der Waals surface area contributed by atoms with E-state index in [1.807, 2.05) is 17.6 Å². The largest absolute Gasteiger partial charge is 0.395 e. The number of aromatic nitrogens is 1. The highest BCUT2D eigenvalue weighted by atomic mass is 32.1. The highest BCUT2D eigenvalue weighted by Gasteiger charge is 2.09. The van der Waals surface area contributed by atoms with E-state index in [2.05, 4.69) is 47.6 Å². The molecule has 2 aromatic carbocycles. The smallest absolute Gasteiger partial charge is 0.106 e. The van der Waals surface area contributed by atoms with Crippen LogP contribution in [0.1, 0.15) is 18.4 Å². The fourth-order valence-corrected chi connectivity index (χ4v) is 2.96. The monoisotopic (exact) mass is 283 g/mol. The van der Waals surface area contributed by atoms with Gasteiger partial charge in [-0.25, -0.2) is 4.98 Å². The number of anilines is 2. The Bertz CT molecular complexity index is 706. The summed E-state index contributed by atoms with van der Waals surface area (Å²) in [6.07, 6.45) is 0. The molecule has 0 aliphatic heterocycles. The molecule has 0 bridgehead atoms. The Kier molecular flexibility index (Phi) is 3.56. The lowest BCUT2D eigenvalue weighted by atomic mass is 10.0. The van der Waals surface area contributed by atoms with E-state index in [9.17, 15) is 0 Å². The Morgan fingerprint density at radius 1 is 1.20 bits per heavy atom. The second-order valence-electron chi connectivity index (χ2n) is 4.92. The van der Waals surface area contributed by atoms with Crippen LogP contribution in [0.2, 0.25) is 0 Å². The summed E-state index contributed by atoms with van der Waals surface area (Å²) in [5.41, 5.74) is 11.9. The average molecular weight is 283 g/mol. The van der Waals surface area contributed by atoms with Crippen LogP contribution in [-0.2, 0) is 0 Å². The molecule has 3 rings (SSSR count). The second-order valence-corrected chi connectivity index (χ2v) is 5.80. The van der Waals surface area contributed by atoms with Crippen molar-refractivity contribution in [1.29, 1.82) is 0 Å². The number of nitrogen functional groups attached to an aromatic ring is 1. The van der Waals surface area contributed by atoms with Crippen molar-refractivity contribution in [2.75, 3.05) is 17.6 Å². The zero-order valence-electron chi connectivity index (χ0n) is 11.3. The van der Waals surface area contributed by atoms with Crippen molar-refractivity contribution in [3.05, 3.63) is 53.5 Å². The molecule has 1 atom stereocenters. The Morgan fingerprint density at radius 3 is 2.80 bits per heavy atom. The van der Waals surface area contributed by atoms with Crippen LogP contribution in [0.4, 0.5) is 11.4 Å². The van der Waals surface area contributed by atoms with Crippen LogP contribution in [0.25, 0.3) is 10.2 Å². The van der Waals surface area contributed by atoms with Gasteiger partial charge in [-0.05, 0) is 23.6 Å². The molecule has 3 aromatic rings. The molecule has 4 heteroatoms. The van der Waals surface area contributed by atoms with Gasteiger partial charge in [0.2, 0.25) is 0 Å². The van der Waals surface area contributed by atoms with Gasteiger partial charge in [0.05, 0.1) is 21.6 Å². The standard InChI is InChI=1S/C16H17N3S/c1-11(12-5-3-2-4-6-12)9-18-13-7-8-14-16(15(13)17)19-10-20-14/h2-8,10-11,18H,9,17H2,1H3. The van der Waals surface area contributed by atoms with Gasteiger partial charge >= 0.3 is 0 Å². The predicted molar refractivity (Wildman–Crippen MR) is 87.4 cm³/mol. The molecule has 0 aliphatic rings. The third-order valence-electron chi connectivity index (χ3n) is 3.51. The molecule has 0 radical (unpaired) electrons. The van der Waals surface area contributed by atoms with Crippen molar-refractivity contribution >= 4 is 32.9 Å². The molecule has 0 saturated heterocycles. The first-order chi connectivity index (χ1) is 9.75. The number of rotatable bonds is 4. The van der Waals surface area contributed by atoms with Crippen LogP contribution < -0.4 is 11.1 Å². The van der Waals surface area contributed by atoms with Gasteiger partial charge in [-0.2, -0.15) is 0 Å². The minimum Gasteiger partial charge on any atom is -0.395 e. The van der Waals surface area contributed by atoms with Gasteiger partial charge in [0.15, 0.2) is 0 Å². The number of benzene rings is 2. The summed E-state index contributed by atoms with van der Waals surface area (Å²) in [7, 11) is 0. The number of nitrogens with two attached hydrogens (primary N) is 1. The molecule has 0 amide bonds. The van der Waals surface area contributed by atoms with Crippen LogP contribution >= 0.6 is 11.3 Å². The van der Waals surface area contributed by atoms with Crippen molar-refractivity contribution in [3.63, 3.8) is 0 Å². The zero-order valence-corrected chi connectivity index (χ0v) is 12.2. The molecule has 0 aliphatic carbocycles. The highest BCUT2D eigenvalue weighted by molar-refractivity contribution is 7.16. The maximum atomic E-state index is 6.17. The normalized spacial score (nSPS) is 12.4. The predicted octanol–water partition coefficient (Wildman–Crippen LogP) is 4.09. The Balaban J connectivity index is 1.75. The van der Waals surface area contributed by atoms with Gasteiger partial charge in [-0.1, -0.05) is 37.3 Å². The number of nitrogens with zero attached hydrogens (tertiary/aromatic N) is 1. The van der Waals surface area contributed by atoms with Crippen molar-refractivity contribution < 1.29 is 0 Å². The summed E-state index contributed by atoms with van der Waals surface area (Å²) in [5.74, 6) is 0.432. The first-order valence-electron chi connectivity index (χ1n) is 6.66. The van der Waals surface area contributed by atoms with E-state index in [4.69, 9.17) is 5.73 Å². The van der Waals surface area contributed by atoms with Crippen LogP contribution in [0.5, 0.6) is 0 Å². The van der Waals surface area contributed by atoms with Crippen molar-refractivity contribution in [2.45, 2.75) is 12.8 Å². The maximum absolute atomic E-state index is 6.17. The summed E-state index contributed by atoms with van der Waals surface area (Å²) in [5, 5.41) is 3.43. The van der Waals surface area contributed by atoms with Gasteiger partial charge in [0.1, 0.15) is 5.52 Å². The second kappa shape index (κ2) is 5.51. The lowest BCUT2D eigenvalue weighted by Gasteiger charge is -2.15. The highest BCUT2D eigenvalue weighted by Crippen LogP contribution is 2.30. The van der Waals surface area contributed by atoms with Crippen LogP contribution in [0.3, 0.4) is 0 Å². The van der Waals surface area contributed by atoms with Gasteiger partial charge in [-0.3, -0.25) is 0 Å². The molecule has 0 saturated carbocycles. The van der Waals surface area contributed by atoms with Crippen molar-refractivity contribution in [3.8, 4) is 0 Å². The van der Waals surface area contributed by atoms with E-state index < -0.39 is 0 Å². The van der Waals surface area contributed by atoms with E-state index in [0.717, 1.165) is 28.1 Å². The molecule has 3 nitrogen and oxygen atoms in total. The fourth-order valence-electron chi connectivity index (χ4n) is 2.27. The van der Waals surface area contributed by atoms with Crippen LogP contribution in [0, 0.1) is 0 Å². The molecule has 0 fully saturated rings. The lowest BCUT2D eigenvalue weighted by molar-refractivity contribution is 0.805. The number of fused-ring (bicyclic) bond motifs is 1. The number of hydrogen-bond acceptors (Lipinski definition) is 4. The fraction of sp³-hybridized carbons (Fsp3) is 0.188. The molecular weight excluding hydrogens is 266 g/mol. The van der Waals surface area contributed by atoms with Gasteiger partial charge in [-0.15, -0.1) is 11.3 Å². The number of hydrogen-bond donors (Lipinski definition) is 2. The average Bonchev–Trinajstić information content (AvgIpc) is 2.96. The summed E-state index contributed by atoms with van der Waals surface area (Å²) in [4.78, 5) is 4.32. The molecule has 1 unspecified atom stereocenters. The summed E-state index contributed by atoms with van der Waals surface area (Å²) < 4.78 is 1.13. The molecule has 0 spiro atoms. The number of nitrogens with one attached hydrogen (secondary N) is 1. The lowest BCUT2D eigenvalue weighted by Crippen LogP contribution is -2.11. The van der Waals surface area contributed by atoms with E-state index in [1.54, 1.807) is 11.3 Å². The Hall–Kier alpha value is -2.07. The topological polar surface area (TPSA) is 50.9 Å². The minimum atomic E-state index is 0.432. The van der Waals surface area contributed by atoms with Crippen molar-refractivity contribution in [2.24, 2.45) is 0 Å². The molecule has 102 valence electrons. The first kappa shape index (κ1) is 12.9. The maximum Gasteiger partial charge on any atom is 0.106 e. The third-order valence-corrected chi connectivity index (χ3v) is 4.30. The van der Waals surface area contributed by atoms with Gasteiger partial charge in [0, 0.05) is 6.54 Å². The summed E-state index contributed by atoms with van der Waals surface area (Å²) in [6, 6.07) is 14.6. The summed E-state index contributed by atoms with van der Waals surface area (Å²) >= 11 is 1.61. The molecular formula is C16H17N3S. The molecule has 3 N–H and O–H groups in total. The Labute approximate surface area is 122 Å². The van der Waals surface area contributed by atoms with Crippen molar-refractivity contribution in [1.82, 2.24) is 4.98 Å². The quantitative estimate of drug-likeness (QED) is 0.709. The minimum absolute atomic E-state index is 0.432. The van der Waals surface area contributed by atoms with Gasteiger partial charge in [0.25, 0.3) is 0 Å². The molecule has 1 aromatic heterocycles. The van der Waals surface area contributed by atoms with E-state index in [1.165, 1.54) is 5.56 Å². The van der Waals surface area contributed by atoms with Crippen LogP contribution in [-0.4, -0.2) is 11.5 Å². The molecule has 1 heterocycles. The van der Waals surface area contributed by atoms with Crippen LogP contribution in [0.15, 0.2) is 48.0 Å². The molecule has 20 heavy (non-hydrogen) atoms. The number of thiazole rings is 1.